The summed E-state index contributed by atoms with van der Waals surface area (Å²) in [5.74, 6) is 2.87. The molecule has 0 bridgehead atoms. The summed E-state index contributed by atoms with van der Waals surface area (Å²) in [7, 11) is 1.56. The second-order valence-corrected chi connectivity index (χ2v) is 13.5. The van der Waals surface area contributed by atoms with E-state index in [9.17, 15) is 9.59 Å². The molecule has 1 atom stereocenters. The molecule has 0 N–H and O–H groups in total. The SMILES string of the molecule is COc1cc2c(cc1OCCOc1ccc(-n3c(-c4ccccc4)nc4ccc(N5CCC(C)CC5)cc4c3=O)cc1)N=C[C@@H]1CCCN1C2=O. The number of anilines is 1. The van der Waals surface area contributed by atoms with Gasteiger partial charge in [0.1, 0.15) is 24.8 Å². The van der Waals surface area contributed by atoms with Crippen molar-refractivity contribution in [3.05, 3.63) is 101 Å². The van der Waals surface area contributed by atoms with Gasteiger partial charge >= 0.3 is 0 Å². The zero-order valence-corrected chi connectivity index (χ0v) is 29.0. The van der Waals surface area contributed by atoms with Crippen molar-refractivity contribution in [3.63, 3.8) is 0 Å². The Labute approximate surface area is 296 Å². The smallest absolute Gasteiger partial charge is 0.266 e. The minimum Gasteiger partial charge on any atom is -0.493 e. The van der Waals surface area contributed by atoms with Crippen molar-refractivity contribution in [2.75, 3.05) is 44.9 Å². The number of nitrogens with zero attached hydrogens (tertiary/aromatic N) is 5. The molecule has 5 aromatic rings. The maximum atomic E-state index is 14.3. The van der Waals surface area contributed by atoms with E-state index in [1.807, 2.05) is 77.8 Å². The first-order chi connectivity index (χ1) is 25.0. The molecule has 260 valence electrons. The molecule has 3 aliphatic heterocycles. The van der Waals surface area contributed by atoms with Gasteiger partial charge in [0.25, 0.3) is 11.5 Å². The summed E-state index contributed by atoms with van der Waals surface area (Å²) in [5.41, 5.74) is 4.26. The standard InChI is InChI=1S/C41H41N5O5/c1-27-16-19-44(20-17-27)30-12-15-35-33(23-30)41(48)46(39(43-35)28-7-4-3-5-8-28)29-10-13-32(14-11-29)50-21-22-51-38-25-36-34(24-37(38)49-2)40(47)45-18-6-9-31(45)26-42-36/h3-5,7-8,10-15,23-27,31H,6,9,16-22H2,1-2H3/t31-/m0/s1. The van der Waals surface area contributed by atoms with Crippen LogP contribution in [0.5, 0.6) is 17.2 Å². The second-order valence-electron chi connectivity index (χ2n) is 13.5. The Morgan fingerprint density at radius 2 is 1.57 bits per heavy atom. The van der Waals surface area contributed by atoms with E-state index in [1.165, 1.54) is 0 Å². The minimum atomic E-state index is -0.116. The van der Waals surface area contributed by atoms with Gasteiger partial charge in [0.2, 0.25) is 0 Å². The van der Waals surface area contributed by atoms with Crippen molar-refractivity contribution in [2.24, 2.45) is 10.9 Å². The van der Waals surface area contributed by atoms with Gasteiger partial charge in [0, 0.05) is 43.2 Å². The lowest BCUT2D eigenvalue weighted by molar-refractivity contribution is 0.0774. The Morgan fingerprint density at radius 3 is 2.35 bits per heavy atom. The largest absolute Gasteiger partial charge is 0.493 e. The number of piperidine rings is 1. The number of aliphatic imine (C=N–C) groups is 1. The summed E-state index contributed by atoms with van der Waals surface area (Å²) < 4.78 is 19.4. The third-order valence-corrected chi connectivity index (χ3v) is 10.2. The summed E-state index contributed by atoms with van der Waals surface area (Å²) in [6.45, 7) is 5.51. The van der Waals surface area contributed by atoms with Crippen LogP contribution >= 0.6 is 0 Å². The molecule has 2 fully saturated rings. The quantitative estimate of drug-likeness (QED) is 0.153. The van der Waals surface area contributed by atoms with Crippen molar-refractivity contribution in [3.8, 4) is 34.3 Å². The Hall–Kier alpha value is -5.64. The van der Waals surface area contributed by atoms with E-state index in [4.69, 9.17) is 19.2 Å². The predicted molar refractivity (Wildman–Crippen MR) is 200 cm³/mol. The Morgan fingerprint density at radius 1 is 0.804 bits per heavy atom. The highest BCUT2D eigenvalue weighted by molar-refractivity contribution is 6.03. The highest BCUT2D eigenvalue weighted by atomic mass is 16.5. The number of amides is 1. The van der Waals surface area contributed by atoms with Gasteiger partial charge in [-0.15, -0.1) is 0 Å². The number of carbonyl (C=O) groups is 1. The monoisotopic (exact) mass is 683 g/mol. The molecule has 4 heterocycles. The van der Waals surface area contributed by atoms with Crippen molar-refractivity contribution >= 4 is 34.4 Å². The Kier molecular flexibility index (Phi) is 8.90. The van der Waals surface area contributed by atoms with Crippen LogP contribution in [0.15, 0.2) is 94.7 Å². The number of fused-ring (bicyclic) bond motifs is 3. The molecule has 0 radical (unpaired) electrons. The van der Waals surface area contributed by atoms with Crippen LogP contribution in [0.3, 0.4) is 0 Å². The number of ether oxygens (including phenoxy) is 3. The maximum absolute atomic E-state index is 14.3. The summed E-state index contributed by atoms with van der Waals surface area (Å²) in [6.07, 6.45) is 6.05. The van der Waals surface area contributed by atoms with Crippen LogP contribution in [0.25, 0.3) is 28.0 Å². The highest BCUT2D eigenvalue weighted by Crippen LogP contribution is 2.38. The van der Waals surface area contributed by atoms with E-state index in [2.05, 4.69) is 22.9 Å². The highest BCUT2D eigenvalue weighted by Gasteiger charge is 2.32. The number of methoxy groups -OCH3 is 1. The van der Waals surface area contributed by atoms with E-state index in [1.54, 1.807) is 23.8 Å². The summed E-state index contributed by atoms with van der Waals surface area (Å²) in [5, 5.41) is 0.590. The van der Waals surface area contributed by atoms with Crippen LogP contribution in [-0.4, -0.2) is 72.6 Å². The lowest BCUT2D eigenvalue weighted by atomic mass is 9.98. The lowest BCUT2D eigenvalue weighted by Gasteiger charge is -2.32. The first-order valence-electron chi connectivity index (χ1n) is 17.8. The van der Waals surface area contributed by atoms with Crippen molar-refractivity contribution in [1.82, 2.24) is 14.5 Å². The van der Waals surface area contributed by atoms with Gasteiger partial charge in [-0.05, 0) is 80.1 Å². The lowest BCUT2D eigenvalue weighted by Crippen LogP contribution is -2.35. The van der Waals surface area contributed by atoms with Crippen LogP contribution in [-0.2, 0) is 0 Å². The molecule has 8 rings (SSSR count). The van der Waals surface area contributed by atoms with E-state index in [0.717, 1.165) is 62.5 Å². The van der Waals surface area contributed by atoms with Gasteiger partial charge in [0.15, 0.2) is 11.5 Å². The van der Waals surface area contributed by atoms with Gasteiger partial charge in [-0.2, -0.15) is 0 Å². The third kappa shape index (κ3) is 6.42. The number of hydrogen-bond acceptors (Lipinski definition) is 8. The average Bonchev–Trinajstić information content (AvgIpc) is 3.60. The molecule has 2 saturated heterocycles. The maximum Gasteiger partial charge on any atom is 0.266 e. The van der Waals surface area contributed by atoms with Crippen molar-refractivity contribution in [1.29, 1.82) is 0 Å². The molecule has 10 heteroatoms. The molecule has 1 aromatic heterocycles. The zero-order chi connectivity index (χ0) is 34.9. The van der Waals surface area contributed by atoms with Crippen LogP contribution in [0.4, 0.5) is 11.4 Å². The zero-order valence-electron chi connectivity index (χ0n) is 29.0. The molecule has 3 aliphatic rings. The second kappa shape index (κ2) is 13.9. The topological polar surface area (TPSA) is 98.5 Å². The molecule has 4 aromatic carbocycles. The first-order valence-corrected chi connectivity index (χ1v) is 17.8. The molecule has 0 aliphatic carbocycles. The molecule has 0 saturated carbocycles. The summed E-state index contributed by atoms with van der Waals surface area (Å²) in [4.78, 5) is 41.3. The Balaban J connectivity index is 1.01. The molecular weight excluding hydrogens is 642 g/mol. The fourth-order valence-corrected chi connectivity index (χ4v) is 7.28. The van der Waals surface area contributed by atoms with Crippen LogP contribution < -0.4 is 24.7 Å². The van der Waals surface area contributed by atoms with Gasteiger partial charge < -0.3 is 24.0 Å². The normalized spacial score (nSPS) is 17.3. The van der Waals surface area contributed by atoms with Gasteiger partial charge in [-0.25, -0.2) is 4.98 Å². The number of carbonyl (C=O) groups excluding carboxylic acids is 1. The number of aromatic nitrogens is 2. The molecule has 1 amide bonds. The molecule has 0 spiro atoms. The van der Waals surface area contributed by atoms with E-state index >= 15 is 0 Å². The predicted octanol–water partition coefficient (Wildman–Crippen LogP) is 7.08. The molecule has 51 heavy (non-hydrogen) atoms. The number of hydrogen-bond donors (Lipinski definition) is 0. The number of benzene rings is 4. The fourth-order valence-electron chi connectivity index (χ4n) is 7.28. The third-order valence-electron chi connectivity index (χ3n) is 10.2. The van der Waals surface area contributed by atoms with Crippen LogP contribution in [0.1, 0.15) is 43.0 Å². The summed E-state index contributed by atoms with van der Waals surface area (Å²) in [6, 6.07) is 26.8. The summed E-state index contributed by atoms with van der Waals surface area (Å²) >= 11 is 0. The van der Waals surface area contributed by atoms with Gasteiger partial charge in [0.05, 0.1) is 41.0 Å². The van der Waals surface area contributed by atoms with Crippen LogP contribution in [0, 0.1) is 5.92 Å². The average molecular weight is 684 g/mol. The Bertz CT molecular complexity index is 2160. The van der Waals surface area contributed by atoms with E-state index in [-0.39, 0.29) is 30.7 Å². The van der Waals surface area contributed by atoms with E-state index < -0.39 is 0 Å². The molecular formula is C41H41N5O5. The number of rotatable bonds is 9. The van der Waals surface area contributed by atoms with Gasteiger partial charge in [-0.3, -0.25) is 19.1 Å². The molecule has 0 unspecified atom stereocenters. The molecule has 10 nitrogen and oxygen atoms in total. The minimum absolute atomic E-state index is 0.0301. The van der Waals surface area contributed by atoms with Crippen LogP contribution in [0.2, 0.25) is 0 Å². The van der Waals surface area contributed by atoms with E-state index in [0.29, 0.717) is 50.9 Å². The van der Waals surface area contributed by atoms with Gasteiger partial charge in [-0.1, -0.05) is 37.3 Å². The fraction of sp³-hybridized carbons (Fsp3) is 0.317. The first kappa shape index (κ1) is 32.6. The van der Waals surface area contributed by atoms with Crippen molar-refractivity contribution < 1.29 is 19.0 Å². The van der Waals surface area contributed by atoms with Crippen molar-refractivity contribution in [2.45, 2.75) is 38.6 Å².